The number of aryl methyl sites for hydroxylation is 1. The molecule has 0 saturated heterocycles. The Morgan fingerprint density at radius 1 is 1.33 bits per heavy atom. The van der Waals surface area contributed by atoms with Crippen LogP contribution in [0.4, 0.5) is 0 Å². The summed E-state index contributed by atoms with van der Waals surface area (Å²) in [7, 11) is 0. The Hall–Kier alpha value is -1.71. The Morgan fingerprint density at radius 2 is 2.00 bits per heavy atom. The number of carbonyl (C=O) groups is 1. The minimum atomic E-state index is -0.443. The molecule has 2 aliphatic rings. The van der Waals surface area contributed by atoms with E-state index in [4.69, 9.17) is 14.2 Å². The number of esters is 1. The van der Waals surface area contributed by atoms with Crippen LogP contribution in [-0.4, -0.2) is 19.4 Å². The van der Waals surface area contributed by atoms with Crippen molar-refractivity contribution in [3.05, 3.63) is 23.3 Å². The quantitative estimate of drug-likeness (QED) is 0.770. The van der Waals surface area contributed by atoms with Gasteiger partial charge in [-0.15, -0.1) is 0 Å². The molecule has 0 spiro atoms. The third kappa shape index (κ3) is 1.55. The zero-order chi connectivity index (χ0) is 12.8. The summed E-state index contributed by atoms with van der Waals surface area (Å²) in [5, 5.41) is 0. The molecule has 0 amide bonds. The first-order valence-electron chi connectivity index (χ1n) is 6.25. The summed E-state index contributed by atoms with van der Waals surface area (Å²) in [5.41, 5.74) is 1.64. The van der Waals surface area contributed by atoms with Gasteiger partial charge in [-0.05, 0) is 49.9 Å². The fourth-order valence-corrected chi connectivity index (χ4v) is 2.54. The molecule has 0 bridgehead atoms. The predicted molar refractivity (Wildman–Crippen MR) is 64.8 cm³/mol. The van der Waals surface area contributed by atoms with Gasteiger partial charge < -0.3 is 14.2 Å². The van der Waals surface area contributed by atoms with Gasteiger partial charge >= 0.3 is 5.97 Å². The summed E-state index contributed by atoms with van der Waals surface area (Å²) in [4.78, 5) is 12.1. The van der Waals surface area contributed by atoms with Crippen molar-refractivity contribution in [3.63, 3.8) is 0 Å². The van der Waals surface area contributed by atoms with Crippen molar-refractivity contribution >= 4 is 5.97 Å². The van der Waals surface area contributed by atoms with E-state index >= 15 is 0 Å². The molecule has 0 radical (unpaired) electrons. The maximum absolute atomic E-state index is 12.1. The van der Waals surface area contributed by atoms with Gasteiger partial charge in [-0.2, -0.15) is 0 Å². The monoisotopic (exact) mass is 248 g/mol. The third-order valence-electron chi connectivity index (χ3n) is 3.65. The predicted octanol–water partition coefficient (Wildman–Crippen LogP) is 2.32. The standard InChI is InChI=1S/C14H16O4/c1-3-16-13(15)14(4-5-14)10-7-12-11(6-9(10)2)17-8-18-12/h6-7H,3-5,8H2,1-2H3. The summed E-state index contributed by atoms with van der Waals surface area (Å²) in [6.45, 7) is 4.51. The first kappa shape index (κ1) is 11.4. The van der Waals surface area contributed by atoms with Gasteiger partial charge in [0.15, 0.2) is 11.5 Å². The highest BCUT2D eigenvalue weighted by Crippen LogP contribution is 2.52. The van der Waals surface area contributed by atoms with E-state index in [1.165, 1.54) is 0 Å². The number of benzene rings is 1. The molecule has 1 saturated carbocycles. The van der Waals surface area contributed by atoms with E-state index in [0.29, 0.717) is 6.61 Å². The first-order chi connectivity index (χ1) is 8.67. The molecule has 1 fully saturated rings. The second kappa shape index (κ2) is 3.90. The van der Waals surface area contributed by atoms with Crippen LogP contribution in [0.5, 0.6) is 11.5 Å². The maximum atomic E-state index is 12.1. The molecule has 1 aromatic carbocycles. The van der Waals surface area contributed by atoms with Gasteiger partial charge in [0.1, 0.15) is 0 Å². The highest BCUT2D eigenvalue weighted by Gasteiger charge is 2.53. The van der Waals surface area contributed by atoms with Crippen LogP contribution >= 0.6 is 0 Å². The molecular weight excluding hydrogens is 232 g/mol. The van der Waals surface area contributed by atoms with Crippen molar-refractivity contribution in [3.8, 4) is 11.5 Å². The van der Waals surface area contributed by atoms with E-state index < -0.39 is 5.41 Å². The molecule has 1 heterocycles. The molecular formula is C14H16O4. The van der Waals surface area contributed by atoms with Gasteiger partial charge in [-0.3, -0.25) is 4.79 Å². The van der Waals surface area contributed by atoms with Gasteiger partial charge in [0.05, 0.1) is 12.0 Å². The lowest BCUT2D eigenvalue weighted by atomic mass is 9.91. The largest absolute Gasteiger partial charge is 0.465 e. The second-order valence-electron chi connectivity index (χ2n) is 4.82. The molecule has 0 N–H and O–H groups in total. The summed E-state index contributed by atoms with van der Waals surface area (Å²) in [5.74, 6) is 1.37. The number of fused-ring (bicyclic) bond motifs is 1. The fraction of sp³-hybridized carbons (Fsp3) is 0.500. The van der Waals surface area contributed by atoms with Gasteiger partial charge in [0.2, 0.25) is 6.79 Å². The Kier molecular flexibility index (Phi) is 2.47. The Bertz CT molecular complexity index is 503. The zero-order valence-corrected chi connectivity index (χ0v) is 10.6. The molecule has 1 aliphatic carbocycles. The smallest absolute Gasteiger partial charge is 0.316 e. The van der Waals surface area contributed by atoms with Gasteiger partial charge in [0.25, 0.3) is 0 Å². The molecule has 0 aromatic heterocycles. The molecule has 0 atom stereocenters. The van der Waals surface area contributed by atoms with Crippen molar-refractivity contribution in [2.75, 3.05) is 13.4 Å². The lowest BCUT2D eigenvalue weighted by Gasteiger charge is -2.17. The molecule has 4 nitrogen and oxygen atoms in total. The average molecular weight is 248 g/mol. The minimum absolute atomic E-state index is 0.119. The van der Waals surface area contributed by atoms with Crippen molar-refractivity contribution in [1.29, 1.82) is 0 Å². The van der Waals surface area contributed by atoms with Crippen LogP contribution in [0.15, 0.2) is 12.1 Å². The Balaban J connectivity index is 2.00. The van der Waals surface area contributed by atoms with Crippen LogP contribution in [-0.2, 0) is 14.9 Å². The normalized spacial score (nSPS) is 18.6. The highest BCUT2D eigenvalue weighted by atomic mass is 16.7. The number of hydrogen-bond acceptors (Lipinski definition) is 4. The topological polar surface area (TPSA) is 44.8 Å². The third-order valence-corrected chi connectivity index (χ3v) is 3.65. The molecule has 4 heteroatoms. The van der Waals surface area contributed by atoms with Crippen molar-refractivity contribution < 1.29 is 19.0 Å². The van der Waals surface area contributed by atoms with Crippen LogP contribution < -0.4 is 9.47 Å². The van der Waals surface area contributed by atoms with Crippen LogP contribution in [0.2, 0.25) is 0 Å². The van der Waals surface area contributed by atoms with Crippen molar-refractivity contribution in [2.45, 2.75) is 32.1 Å². The molecule has 3 rings (SSSR count). The van der Waals surface area contributed by atoms with E-state index in [1.54, 1.807) is 0 Å². The van der Waals surface area contributed by atoms with E-state index in [1.807, 2.05) is 26.0 Å². The van der Waals surface area contributed by atoms with Crippen molar-refractivity contribution in [1.82, 2.24) is 0 Å². The number of carbonyl (C=O) groups excluding carboxylic acids is 1. The van der Waals surface area contributed by atoms with Crippen molar-refractivity contribution in [2.24, 2.45) is 0 Å². The lowest BCUT2D eigenvalue weighted by molar-refractivity contribution is -0.146. The average Bonchev–Trinajstić information content (AvgIpc) is 3.03. The summed E-state index contributed by atoms with van der Waals surface area (Å²) < 4.78 is 15.9. The molecule has 1 aliphatic heterocycles. The van der Waals surface area contributed by atoms with Crippen LogP contribution in [0.25, 0.3) is 0 Å². The molecule has 18 heavy (non-hydrogen) atoms. The maximum Gasteiger partial charge on any atom is 0.316 e. The SMILES string of the molecule is CCOC(=O)C1(c2cc3c(cc2C)OCO3)CC1. The summed E-state index contributed by atoms with van der Waals surface area (Å²) in [6.07, 6.45) is 1.71. The Morgan fingerprint density at radius 3 is 2.61 bits per heavy atom. The fourth-order valence-electron chi connectivity index (χ4n) is 2.54. The first-order valence-corrected chi connectivity index (χ1v) is 6.25. The number of rotatable bonds is 3. The van der Waals surface area contributed by atoms with Gasteiger partial charge in [0, 0.05) is 0 Å². The summed E-state index contributed by atoms with van der Waals surface area (Å²) >= 11 is 0. The van der Waals surface area contributed by atoms with E-state index in [0.717, 1.165) is 35.5 Å². The highest BCUT2D eigenvalue weighted by molar-refractivity contribution is 5.87. The lowest BCUT2D eigenvalue weighted by Crippen LogP contribution is -2.24. The molecule has 96 valence electrons. The summed E-state index contributed by atoms with van der Waals surface area (Å²) in [6, 6.07) is 3.87. The van der Waals surface area contributed by atoms with Crippen LogP contribution in [0.3, 0.4) is 0 Å². The number of ether oxygens (including phenoxy) is 3. The van der Waals surface area contributed by atoms with E-state index in [-0.39, 0.29) is 12.8 Å². The Labute approximate surface area is 106 Å². The number of hydrogen-bond donors (Lipinski definition) is 0. The van der Waals surface area contributed by atoms with Crippen LogP contribution in [0, 0.1) is 6.92 Å². The van der Waals surface area contributed by atoms with E-state index in [9.17, 15) is 4.79 Å². The van der Waals surface area contributed by atoms with E-state index in [2.05, 4.69) is 0 Å². The van der Waals surface area contributed by atoms with Crippen LogP contribution in [0.1, 0.15) is 30.9 Å². The molecule has 1 aromatic rings. The minimum Gasteiger partial charge on any atom is -0.465 e. The molecule has 0 unspecified atom stereocenters. The second-order valence-corrected chi connectivity index (χ2v) is 4.82. The zero-order valence-electron chi connectivity index (χ0n) is 10.6. The van der Waals surface area contributed by atoms with Gasteiger partial charge in [-0.25, -0.2) is 0 Å². The van der Waals surface area contributed by atoms with Gasteiger partial charge in [-0.1, -0.05) is 0 Å².